The summed E-state index contributed by atoms with van der Waals surface area (Å²) >= 11 is 3.34. The minimum Gasteiger partial charge on any atom is -0.489 e. The van der Waals surface area contributed by atoms with Crippen molar-refractivity contribution in [2.45, 2.75) is 12.8 Å². The van der Waals surface area contributed by atoms with Gasteiger partial charge in [0, 0.05) is 44.0 Å². The summed E-state index contributed by atoms with van der Waals surface area (Å²) in [5.74, 6) is 0.126. The number of nitrogens with one attached hydrogen (secondary N) is 2. The first-order chi connectivity index (χ1) is 14.6. The SMILES string of the molecule is COCCOc1cnccc1-c1[nH]c2c(c1Cc1cccc(F)c1Br)C(=O)NCC2. The van der Waals surface area contributed by atoms with Gasteiger partial charge in [0.1, 0.15) is 18.2 Å². The number of hydrogen-bond donors (Lipinski definition) is 2. The Labute approximate surface area is 181 Å². The van der Waals surface area contributed by atoms with Crippen molar-refractivity contribution in [2.75, 3.05) is 26.9 Å². The van der Waals surface area contributed by atoms with Gasteiger partial charge in [-0.2, -0.15) is 0 Å². The topological polar surface area (TPSA) is 76.2 Å². The maximum atomic E-state index is 14.1. The molecule has 1 amide bonds. The molecule has 4 rings (SSSR count). The summed E-state index contributed by atoms with van der Waals surface area (Å²) in [5, 5.41) is 2.91. The van der Waals surface area contributed by atoms with Crippen LogP contribution >= 0.6 is 15.9 Å². The number of hydrogen-bond acceptors (Lipinski definition) is 4. The van der Waals surface area contributed by atoms with E-state index in [0.29, 0.717) is 48.4 Å². The number of amides is 1. The molecular weight excluding hydrogens is 453 g/mol. The number of fused-ring (bicyclic) bond motifs is 1. The smallest absolute Gasteiger partial charge is 0.253 e. The molecule has 0 saturated carbocycles. The highest BCUT2D eigenvalue weighted by Gasteiger charge is 2.28. The third kappa shape index (κ3) is 3.97. The van der Waals surface area contributed by atoms with Crippen LogP contribution in [-0.4, -0.2) is 42.7 Å². The second-order valence-electron chi connectivity index (χ2n) is 6.94. The second-order valence-corrected chi connectivity index (χ2v) is 7.73. The zero-order chi connectivity index (χ0) is 21.1. The number of carbonyl (C=O) groups is 1. The lowest BCUT2D eigenvalue weighted by Gasteiger charge is -2.15. The largest absolute Gasteiger partial charge is 0.489 e. The van der Waals surface area contributed by atoms with Gasteiger partial charge < -0.3 is 19.8 Å². The van der Waals surface area contributed by atoms with Crippen molar-refractivity contribution in [1.29, 1.82) is 0 Å². The van der Waals surface area contributed by atoms with Crippen LogP contribution in [0.25, 0.3) is 11.3 Å². The van der Waals surface area contributed by atoms with Crippen molar-refractivity contribution >= 4 is 21.8 Å². The van der Waals surface area contributed by atoms with E-state index in [-0.39, 0.29) is 11.7 Å². The predicted octanol–water partition coefficient (Wildman–Crippen LogP) is 3.88. The summed E-state index contributed by atoms with van der Waals surface area (Å²) in [6.45, 7) is 1.39. The fraction of sp³-hybridized carbons (Fsp3) is 0.273. The quantitative estimate of drug-likeness (QED) is 0.510. The molecule has 30 heavy (non-hydrogen) atoms. The van der Waals surface area contributed by atoms with Gasteiger partial charge in [-0.25, -0.2) is 4.39 Å². The van der Waals surface area contributed by atoms with Gasteiger partial charge in [-0.1, -0.05) is 12.1 Å². The number of aromatic nitrogens is 2. The second kappa shape index (κ2) is 8.97. The van der Waals surface area contributed by atoms with E-state index in [2.05, 4.69) is 31.2 Å². The van der Waals surface area contributed by atoms with Gasteiger partial charge in [0.25, 0.3) is 5.91 Å². The molecule has 0 unspecified atom stereocenters. The molecule has 0 saturated heterocycles. The molecular formula is C22H21BrFN3O3. The van der Waals surface area contributed by atoms with Crippen molar-refractivity contribution < 1.29 is 18.7 Å². The van der Waals surface area contributed by atoms with E-state index in [4.69, 9.17) is 9.47 Å². The Balaban J connectivity index is 1.83. The molecule has 0 atom stereocenters. The molecule has 2 aromatic heterocycles. The highest BCUT2D eigenvalue weighted by molar-refractivity contribution is 9.10. The number of benzene rings is 1. The van der Waals surface area contributed by atoms with Gasteiger partial charge in [-0.15, -0.1) is 0 Å². The summed E-state index contributed by atoms with van der Waals surface area (Å²) in [4.78, 5) is 20.3. The van der Waals surface area contributed by atoms with Crippen molar-refractivity contribution in [2.24, 2.45) is 0 Å². The average Bonchev–Trinajstić information content (AvgIpc) is 3.11. The van der Waals surface area contributed by atoms with Crippen LogP contribution in [0, 0.1) is 5.82 Å². The minimum atomic E-state index is -0.338. The van der Waals surface area contributed by atoms with E-state index in [1.165, 1.54) is 6.07 Å². The average molecular weight is 474 g/mol. The lowest BCUT2D eigenvalue weighted by Crippen LogP contribution is -2.32. The van der Waals surface area contributed by atoms with Crippen molar-refractivity contribution in [3.8, 4) is 17.0 Å². The van der Waals surface area contributed by atoms with Crippen LogP contribution in [0.4, 0.5) is 4.39 Å². The third-order valence-corrected chi connectivity index (χ3v) is 5.95. The first-order valence-corrected chi connectivity index (χ1v) is 10.4. The lowest BCUT2D eigenvalue weighted by atomic mass is 9.95. The van der Waals surface area contributed by atoms with Crippen LogP contribution in [0.1, 0.15) is 27.2 Å². The van der Waals surface area contributed by atoms with E-state index in [9.17, 15) is 9.18 Å². The number of halogens is 2. The van der Waals surface area contributed by atoms with Gasteiger partial charge in [0.15, 0.2) is 0 Å². The summed E-state index contributed by atoms with van der Waals surface area (Å²) in [6, 6.07) is 6.76. The molecule has 1 aliphatic rings. The molecule has 0 radical (unpaired) electrons. The van der Waals surface area contributed by atoms with Crippen LogP contribution in [0.3, 0.4) is 0 Å². The number of aromatic amines is 1. The molecule has 8 heteroatoms. The van der Waals surface area contributed by atoms with E-state index >= 15 is 0 Å². The maximum absolute atomic E-state index is 14.1. The number of carbonyl (C=O) groups excluding carboxylic acids is 1. The minimum absolute atomic E-state index is 0.128. The Morgan fingerprint density at radius 2 is 2.13 bits per heavy atom. The zero-order valence-corrected chi connectivity index (χ0v) is 18.0. The number of rotatable bonds is 7. The number of nitrogens with zero attached hydrogens (tertiary/aromatic N) is 1. The van der Waals surface area contributed by atoms with Gasteiger partial charge in [-0.05, 0) is 39.2 Å². The molecule has 6 nitrogen and oxygen atoms in total. The number of ether oxygens (including phenoxy) is 2. The molecule has 0 fully saturated rings. The van der Waals surface area contributed by atoms with Crippen LogP contribution in [0.2, 0.25) is 0 Å². The molecule has 1 aromatic carbocycles. The summed E-state index contributed by atoms with van der Waals surface area (Å²) < 4.78 is 25.4. The van der Waals surface area contributed by atoms with Crippen LogP contribution < -0.4 is 10.1 Å². The van der Waals surface area contributed by atoms with E-state index in [1.54, 1.807) is 25.6 Å². The van der Waals surface area contributed by atoms with E-state index < -0.39 is 0 Å². The number of H-pyrrole nitrogens is 1. The first-order valence-electron chi connectivity index (χ1n) is 9.61. The molecule has 3 heterocycles. The maximum Gasteiger partial charge on any atom is 0.253 e. The van der Waals surface area contributed by atoms with Crippen molar-refractivity contribution in [3.05, 3.63) is 69.3 Å². The van der Waals surface area contributed by atoms with E-state index in [1.807, 2.05) is 12.1 Å². The van der Waals surface area contributed by atoms with Crippen LogP contribution in [-0.2, 0) is 17.6 Å². The fourth-order valence-electron chi connectivity index (χ4n) is 3.67. The molecule has 156 valence electrons. The lowest BCUT2D eigenvalue weighted by molar-refractivity contribution is 0.0945. The van der Waals surface area contributed by atoms with Crippen molar-refractivity contribution in [3.63, 3.8) is 0 Å². The monoisotopic (exact) mass is 473 g/mol. The fourth-order valence-corrected chi connectivity index (χ4v) is 4.07. The molecule has 0 spiro atoms. The standard InChI is InChI=1S/C22H21BrFN3O3/c1-29-9-10-30-18-12-25-7-5-14(18)21-15(11-13-3-2-4-16(24)20(13)23)19-17(27-21)6-8-26-22(19)28/h2-5,7,12,27H,6,8-11H2,1H3,(H,26,28). The first kappa shape index (κ1) is 20.6. The Hall–Kier alpha value is -2.71. The summed E-state index contributed by atoms with van der Waals surface area (Å²) in [6.07, 6.45) is 4.41. The molecule has 0 bridgehead atoms. The van der Waals surface area contributed by atoms with Gasteiger partial charge in [0.2, 0.25) is 0 Å². The Bertz CT molecular complexity index is 1080. The van der Waals surface area contributed by atoms with Crippen LogP contribution in [0.5, 0.6) is 5.75 Å². The van der Waals surface area contributed by atoms with E-state index in [0.717, 1.165) is 28.1 Å². The predicted molar refractivity (Wildman–Crippen MR) is 114 cm³/mol. The normalized spacial score (nSPS) is 13.1. The molecule has 1 aliphatic heterocycles. The molecule has 0 aliphatic carbocycles. The number of pyridine rings is 1. The summed E-state index contributed by atoms with van der Waals surface area (Å²) in [7, 11) is 1.61. The van der Waals surface area contributed by atoms with Gasteiger partial charge >= 0.3 is 0 Å². The highest BCUT2D eigenvalue weighted by atomic mass is 79.9. The zero-order valence-electron chi connectivity index (χ0n) is 16.4. The highest BCUT2D eigenvalue weighted by Crippen LogP contribution is 2.37. The van der Waals surface area contributed by atoms with Gasteiger partial charge in [0.05, 0.1) is 28.5 Å². The third-order valence-electron chi connectivity index (χ3n) is 5.07. The Morgan fingerprint density at radius 1 is 1.27 bits per heavy atom. The van der Waals surface area contributed by atoms with Crippen LogP contribution in [0.15, 0.2) is 41.1 Å². The Morgan fingerprint density at radius 3 is 2.97 bits per heavy atom. The molecule has 3 aromatic rings. The van der Waals surface area contributed by atoms with Gasteiger partial charge in [-0.3, -0.25) is 9.78 Å². The number of methoxy groups -OCH3 is 1. The summed E-state index contributed by atoms with van der Waals surface area (Å²) in [5.41, 5.74) is 4.63. The molecule has 2 N–H and O–H groups in total. The Kier molecular flexibility index (Phi) is 6.15. The van der Waals surface area contributed by atoms with Crippen molar-refractivity contribution in [1.82, 2.24) is 15.3 Å².